The second-order valence-corrected chi connectivity index (χ2v) is 8.59. The number of aliphatic hydroxyl groups is 1. The summed E-state index contributed by atoms with van der Waals surface area (Å²) in [6.45, 7) is 1.09. The number of amides is 1. The number of halogens is 1. The molecule has 150 valence electrons. The number of aliphatic imine (C=N–C) groups is 1. The molecule has 0 bridgehead atoms. The van der Waals surface area contributed by atoms with Crippen LogP contribution < -0.4 is 5.32 Å². The molecule has 1 unspecified atom stereocenters. The van der Waals surface area contributed by atoms with Crippen LogP contribution in [0.5, 0.6) is 0 Å². The van der Waals surface area contributed by atoms with Gasteiger partial charge in [-0.2, -0.15) is 0 Å². The summed E-state index contributed by atoms with van der Waals surface area (Å²) in [4.78, 5) is 17.3. The molecular weight excluding hydrogens is 376 g/mol. The van der Waals surface area contributed by atoms with E-state index in [-0.39, 0.29) is 11.9 Å². The highest BCUT2D eigenvalue weighted by molar-refractivity contribution is 6.30. The van der Waals surface area contributed by atoms with Crippen molar-refractivity contribution >= 4 is 23.7 Å². The minimum absolute atomic E-state index is 0.199. The molecule has 1 aromatic carbocycles. The van der Waals surface area contributed by atoms with Gasteiger partial charge in [0, 0.05) is 11.2 Å². The molecule has 3 atom stereocenters. The largest absolute Gasteiger partial charge is 0.391 e. The molecule has 28 heavy (non-hydrogen) atoms. The Morgan fingerprint density at radius 2 is 1.96 bits per heavy atom. The molecule has 3 aliphatic rings. The second kappa shape index (κ2) is 8.36. The highest BCUT2D eigenvalue weighted by Crippen LogP contribution is 2.37. The van der Waals surface area contributed by atoms with Crippen LogP contribution in [-0.2, 0) is 15.1 Å². The monoisotopic (exact) mass is 402 g/mol. The number of rotatable bonds is 6. The molecular formula is C22H27ClN2O3. The lowest BCUT2D eigenvalue weighted by Gasteiger charge is -2.33. The Balaban J connectivity index is 1.57. The average molecular weight is 403 g/mol. The van der Waals surface area contributed by atoms with Gasteiger partial charge in [-0.15, -0.1) is 0 Å². The first kappa shape index (κ1) is 19.6. The van der Waals surface area contributed by atoms with E-state index in [0.29, 0.717) is 29.7 Å². The topological polar surface area (TPSA) is 70.9 Å². The lowest BCUT2D eigenvalue weighted by Crippen LogP contribution is -2.46. The first-order chi connectivity index (χ1) is 13.6. The zero-order valence-corrected chi connectivity index (χ0v) is 16.7. The van der Waals surface area contributed by atoms with Crippen molar-refractivity contribution in [3.05, 3.63) is 46.5 Å². The van der Waals surface area contributed by atoms with E-state index in [9.17, 15) is 9.90 Å². The number of benzene rings is 1. The fourth-order valence-electron chi connectivity index (χ4n) is 3.90. The summed E-state index contributed by atoms with van der Waals surface area (Å²) in [5.41, 5.74) is 0.659. The van der Waals surface area contributed by atoms with Gasteiger partial charge in [0.1, 0.15) is 5.60 Å². The summed E-state index contributed by atoms with van der Waals surface area (Å²) in [6, 6.07) is 7.35. The maximum absolute atomic E-state index is 12.9. The lowest BCUT2D eigenvalue weighted by molar-refractivity contribution is -0.119. The zero-order valence-electron chi connectivity index (χ0n) is 15.9. The van der Waals surface area contributed by atoms with Crippen molar-refractivity contribution in [2.24, 2.45) is 10.9 Å². The van der Waals surface area contributed by atoms with Crippen LogP contribution in [0.2, 0.25) is 5.02 Å². The van der Waals surface area contributed by atoms with Crippen molar-refractivity contribution in [3.63, 3.8) is 0 Å². The maximum Gasteiger partial charge on any atom is 0.252 e. The van der Waals surface area contributed by atoms with Crippen LogP contribution in [0.15, 0.2) is 40.9 Å². The molecule has 0 aromatic heterocycles. The highest BCUT2D eigenvalue weighted by atomic mass is 35.5. The van der Waals surface area contributed by atoms with Gasteiger partial charge < -0.3 is 15.2 Å². The smallest absolute Gasteiger partial charge is 0.252 e. The molecule has 2 N–H and O–H groups in total. The zero-order chi connectivity index (χ0) is 19.6. The third kappa shape index (κ3) is 4.48. The van der Waals surface area contributed by atoms with Crippen LogP contribution in [0.3, 0.4) is 0 Å². The van der Waals surface area contributed by atoms with Gasteiger partial charge in [0.15, 0.2) is 0 Å². The molecule has 2 saturated carbocycles. The summed E-state index contributed by atoms with van der Waals surface area (Å²) < 4.78 is 6.35. The Hall–Kier alpha value is -1.69. The van der Waals surface area contributed by atoms with Crippen LogP contribution in [0.4, 0.5) is 0 Å². The first-order valence-corrected chi connectivity index (χ1v) is 10.6. The highest BCUT2D eigenvalue weighted by Gasteiger charge is 2.37. The first-order valence-electron chi connectivity index (χ1n) is 10.2. The van der Waals surface area contributed by atoms with Gasteiger partial charge in [0.2, 0.25) is 0 Å². The number of hydrogen-bond acceptors (Lipinski definition) is 4. The average Bonchev–Trinajstić information content (AvgIpc) is 3.53. The molecule has 0 spiro atoms. The van der Waals surface area contributed by atoms with Gasteiger partial charge >= 0.3 is 0 Å². The molecule has 2 aliphatic carbocycles. The standard InChI is InChI=1S/C22H27ClN2O3/c23-18-9-7-17(8-10-18)22(28-13-15-5-6-15)11-16(12-24-14-22)21(27)25-19-3-1-2-4-20(19)26/h7-12,15,19-20,26H,1-6,13-14H2,(H,25,27)/t19-,20-,22?/m1/s1. The predicted molar refractivity (Wildman–Crippen MR) is 110 cm³/mol. The molecule has 5 nitrogen and oxygen atoms in total. The van der Waals surface area contributed by atoms with E-state index in [4.69, 9.17) is 16.3 Å². The van der Waals surface area contributed by atoms with Crippen LogP contribution in [0.25, 0.3) is 0 Å². The van der Waals surface area contributed by atoms with E-state index < -0.39 is 11.7 Å². The SMILES string of the molecule is O=C(N[C@@H]1CCCC[C@H]1O)C1=CC(OCC2CC2)(c2ccc(Cl)cc2)CN=C1. The number of nitrogens with zero attached hydrogens (tertiary/aromatic N) is 1. The Morgan fingerprint density at radius 1 is 1.21 bits per heavy atom. The molecule has 0 radical (unpaired) electrons. The Bertz CT molecular complexity index is 772. The fraction of sp³-hybridized carbons (Fsp3) is 0.545. The fourth-order valence-corrected chi connectivity index (χ4v) is 4.02. The van der Waals surface area contributed by atoms with Crippen molar-refractivity contribution < 1.29 is 14.6 Å². The van der Waals surface area contributed by atoms with Crippen LogP contribution in [0, 0.1) is 5.92 Å². The number of dihydropyridines is 1. The summed E-state index contributed by atoms with van der Waals surface area (Å²) in [5.74, 6) is 0.390. The number of nitrogens with one attached hydrogen (secondary N) is 1. The molecule has 6 heteroatoms. The van der Waals surface area contributed by atoms with Gasteiger partial charge in [-0.3, -0.25) is 9.79 Å². The molecule has 1 aliphatic heterocycles. The quantitative estimate of drug-likeness (QED) is 0.766. The number of ether oxygens (including phenoxy) is 1. The summed E-state index contributed by atoms with van der Waals surface area (Å²) in [5, 5.41) is 13.8. The van der Waals surface area contributed by atoms with Crippen LogP contribution >= 0.6 is 11.6 Å². The Kier molecular flexibility index (Phi) is 5.85. The Labute approximate surface area is 170 Å². The molecule has 1 heterocycles. The van der Waals surface area contributed by atoms with E-state index in [1.807, 2.05) is 30.3 Å². The molecule has 4 rings (SSSR count). The van der Waals surface area contributed by atoms with Gasteiger partial charge in [-0.05, 0) is 55.4 Å². The second-order valence-electron chi connectivity index (χ2n) is 8.15. The van der Waals surface area contributed by atoms with Crippen molar-refractivity contribution in [1.29, 1.82) is 0 Å². The van der Waals surface area contributed by atoms with Crippen molar-refractivity contribution in [2.75, 3.05) is 13.2 Å². The summed E-state index contributed by atoms with van der Waals surface area (Å²) >= 11 is 6.06. The van der Waals surface area contributed by atoms with Crippen molar-refractivity contribution in [3.8, 4) is 0 Å². The van der Waals surface area contributed by atoms with Gasteiger partial charge in [-0.25, -0.2) is 0 Å². The third-order valence-electron chi connectivity index (χ3n) is 5.86. The number of carbonyl (C=O) groups is 1. The van der Waals surface area contributed by atoms with E-state index in [0.717, 1.165) is 31.2 Å². The van der Waals surface area contributed by atoms with E-state index in [2.05, 4.69) is 10.3 Å². The lowest BCUT2D eigenvalue weighted by atomic mass is 9.88. The van der Waals surface area contributed by atoms with Gasteiger partial charge in [-0.1, -0.05) is 36.6 Å². The van der Waals surface area contributed by atoms with Crippen molar-refractivity contribution in [2.45, 2.75) is 56.3 Å². The minimum Gasteiger partial charge on any atom is -0.391 e. The summed E-state index contributed by atoms with van der Waals surface area (Å²) in [6.07, 6.45) is 8.96. The third-order valence-corrected chi connectivity index (χ3v) is 6.11. The summed E-state index contributed by atoms with van der Waals surface area (Å²) in [7, 11) is 0. The van der Waals surface area contributed by atoms with Gasteiger partial charge in [0.25, 0.3) is 5.91 Å². The van der Waals surface area contributed by atoms with E-state index in [1.54, 1.807) is 6.21 Å². The van der Waals surface area contributed by atoms with E-state index >= 15 is 0 Å². The molecule has 2 fully saturated rings. The van der Waals surface area contributed by atoms with Crippen LogP contribution in [-0.4, -0.2) is 42.5 Å². The maximum atomic E-state index is 12.9. The van der Waals surface area contributed by atoms with Gasteiger partial charge in [0.05, 0.1) is 30.9 Å². The molecule has 1 aromatic rings. The number of hydrogen-bond donors (Lipinski definition) is 2. The number of aliphatic hydroxyl groups excluding tert-OH is 1. The van der Waals surface area contributed by atoms with Crippen LogP contribution in [0.1, 0.15) is 44.1 Å². The van der Waals surface area contributed by atoms with E-state index in [1.165, 1.54) is 12.8 Å². The van der Waals surface area contributed by atoms with Crippen molar-refractivity contribution in [1.82, 2.24) is 5.32 Å². The predicted octanol–water partition coefficient (Wildman–Crippen LogP) is 3.39. The molecule has 1 amide bonds. The minimum atomic E-state index is -0.764. The molecule has 0 saturated heterocycles. The number of carbonyl (C=O) groups excluding carboxylic acids is 1. The normalized spacial score (nSPS) is 30.0. The Morgan fingerprint density at radius 3 is 2.68 bits per heavy atom.